The summed E-state index contributed by atoms with van der Waals surface area (Å²) in [4.78, 5) is 3.36. The van der Waals surface area contributed by atoms with Crippen molar-refractivity contribution in [1.29, 1.82) is 0 Å². The molecule has 0 unspecified atom stereocenters. The third-order valence-corrected chi connectivity index (χ3v) is 2.82. The lowest BCUT2D eigenvalue weighted by atomic mass is 10.1. The molecule has 0 atom stereocenters. The molecule has 17 heavy (non-hydrogen) atoms. The maximum Gasteiger partial charge on any atom is 0.104 e. The Hall–Kier alpha value is -2.24. The van der Waals surface area contributed by atoms with Crippen molar-refractivity contribution in [3.63, 3.8) is 0 Å². The van der Waals surface area contributed by atoms with Crippen LogP contribution < -0.4 is 0 Å². The Morgan fingerprint density at radius 2 is 1.82 bits per heavy atom. The highest BCUT2D eigenvalue weighted by atomic mass is 16.2. The fraction of sp³-hybridized carbons (Fsp3) is 0.0667. The van der Waals surface area contributed by atoms with Crippen LogP contribution in [-0.2, 0) is 0 Å². The van der Waals surface area contributed by atoms with Gasteiger partial charge >= 0.3 is 0 Å². The Bertz CT molecular complexity index is 744. The van der Waals surface area contributed by atoms with Gasteiger partial charge in [-0.3, -0.25) is 0 Å². The second-order valence-corrected chi connectivity index (χ2v) is 3.89. The summed E-state index contributed by atoms with van der Waals surface area (Å²) in [6, 6.07) is 14.3. The number of rotatable bonds is 0. The molecule has 1 aromatic heterocycles. The number of aliphatic hydroxyl groups excluding tert-OH is 1. The Morgan fingerprint density at radius 3 is 2.71 bits per heavy atom. The molecule has 0 aliphatic heterocycles. The zero-order valence-electron chi connectivity index (χ0n) is 9.20. The third-order valence-electron chi connectivity index (χ3n) is 2.82. The number of aromatic amines is 1. The van der Waals surface area contributed by atoms with E-state index in [0.717, 1.165) is 16.6 Å². The van der Waals surface area contributed by atoms with Crippen molar-refractivity contribution >= 4 is 21.8 Å². The minimum absolute atomic E-state index is 0.106. The maximum absolute atomic E-state index is 8.67. The molecule has 0 aliphatic rings. The SMILES string of the molecule is OCC#Cc1ccc2c(c1)[nH]c1ccccc12. The second-order valence-electron chi connectivity index (χ2n) is 3.89. The first-order valence-electron chi connectivity index (χ1n) is 5.49. The average molecular weight is 221 g/mol. The average Bonchev–Trinajstić information content (AvgIpc) is 2.74. The molecule has 2 nitrogen and oxygen atoms in total. The van der Waals surface area contributed by atoms with Gasteiger partial charge in [0.05, 0.1) is 0 Å². The molecule has 3 aromatic rings. The standard InChI is InChI=1S/C15H11NO/c17-9-3-4-11-7-8-13-12-5-1-2-6-14(12)16-15(13)10-11/h1-2,5-8,10,16-17H,9H2. The number of hydrogen-bond acceptors (Lipinski definition) is 1. The van der Waals surface area contributed by atoms with Gasteiger partial charge in [0.25, 0.3) is 0 Å². The van der Waals surface area contributed by atoms with Gasteiger partial charge in [0.15, 0.2) is 0 Å². The number of para-hydroxylation sites is 1. The van der Waals surface area contributed by atoms with E-state index in [9.17, 15) is 0 Å². The Labute approximate surface area is 98.9 Å². The van der Waals surface area contributed by atoms with Crippen molar-refractivity contribution in [2.75, 3.05) is 6.61 Å². The molecule has 0 bridgehead atoms. The van der Waals surface area contributed by atoms with Crippen LogP contribution in [0.4, 0.5) is 0 Å². The molecule has 2 N–H and O–H groups in total. The van der Waals surface area contributed by atoms with Gasteiger partial charge in [-0.15, -0.1) is 0 Å². The molecule has 0 saturated carbocycles. The van der Waals surface area contributed by atoms with Gasteiger partial charge in [0.2, 0.25) is 0 Å². The normalized spacial score (nSPS) is 10.4. The number of aromatic nitrogens is 1. The summed E-state index contributed by atoms with van der Waals surface area (Å²) in [5.41, 5.74) is 3.13. The van der Waals surface area contributed by atoms with Gasteiger partial charge in [-0.2, -0.15) is 0 Å². The predicted octanol–water partition coefficient (Wildman–Crippen LogP) is 2.66. The van der Waals surface area contributed by atoms with Crippen LogP contribution in [-0.4, -0.2) is 16.7 Å². The van der Waals surface area contributed by atoms with E-state index in [0.29, 0.717) is 0 Å². The Balaban J connectivity index is 2.26. The van der Waals surface area contributed by atoms with Crippen molar-refractivity contribution in [2.24, 2.45) is 0 Å². The zero-order valence-corrected chi connectivity index (χ0v) is 9.20. The molecule has 1 heterocycles. The van der Waals surface area contributed by atoms with Crippen molar-refractivity contribution in [2.45, 2.75) is 0 Å². The number of aliphatic hydroxyl groups is 1. The van der Waals surface area contributed by atoms with Crippen LogP contribution in [0.3, 0.4) is 0 Å². The van der Waals surface area contributed by atoms with E-state index in [1.54, 1.807) is 0 Å². The lowest BCUT2D eigenvalue weighted by Crippen LogP contribution is -1.77. The molecule has 0 saturated heterocycles. The molecular formula is C15H11NO. The molecule has 82 valence electrons. The van der Waals surface area contributed by atoms with Crippen molar-refractivity contribution in [3.05, 3.63) is 48.0 Å². The monoisotopic (exact) mass is 221 g/mol. The van der Waals surface area contributed by atoms with Crippen LogP contribution in [0.1, 0.15) is 5.56 Å². The molecule has 0 radical (unpaired) electrons. The number of benzene rings is 2. The van der Waals surface area contributed by atoms with Crippen molar-refractivity contribution in [1.82, 2.24) is 4.98 Å². The summed E-state index contributed by atoms with van der Waals surface area (Å²) in [6.07, 6.45) is 0. The summed E-state index contributed by atoms with van der Waals surface area (Å²) in [5.74, 6) is 5.57. The van der Waals surface area contributed by atoms with Crippen LogP contribution >= 0.6 is 0 Å². The van der Waals surface area contributed by atoms with E-state index in [1.165, 1.54) is 10.8 Å². The molecule has 2 aromatic carbocycles. The van der Waals surface area contributed by atoms with E-state index >= 15 is 0 Å². The number of hydrogen-bond donors (Lipinski definition) is 2. The van der Waals surface area contributed by atoms with Crippen LogP contribution in [0, 0.1) is 11.8 Å². The lowest BCUT2D eigenvalue weighted by molar-refractivity contribution is 0.350. The van der Waals surface area contributed by atoms with Gasteiger partial charge in [0.1, 0.15) is 6.61 Å². The summed E-state index contributed by atoms with van der Waals surface area (Å²) in [6.45, 7) is -0.106. The van der Waals surface area contributed by atoms with E-state index < -0.39 is 0 Å². The van der Waals surface area contributed by atoms with E-state index in [2.05, 4.69) is 35.0 Å². The maximum atomic E-state index is 8.67. The Kier molecular flexibility index (Phi) is 2.32. The largest absolute Gasteiger partial charge is 0.384 e. The first-order valence-corrected chi connectivity index (χ1v) is 5.49. The fourth-order valence-electron chi connectivity index (χ4n) is 2.07. The molecule has 0 aliphatic carbocycles. The smallest absolute Gasteiger partial charge is 0.104 e. The third kappa shape index (κ3) is 1.67. The molecule has 2 heteroatoms. The quantitative estimate of drug-likeness (QED) is 0.562. The Morgan fingerprint density at radius 1 is 1.00 bits per heavy atom. The fourth-order valence-corrected chi connectivity index (χ4v) is 2.07. The highest BCUT2D eigenvalue weighted by Crippen LogP contribution is 2.25. The minimum atomic E-state index is -0.106. The van der Waals surface area contributed by atoms with E-state index in [1.807, 2.05) is 24.3 Å². The van der Waals surface area contributed by atoms with Crippen molar-refractivity contribution in [3.8, 4) is 11.8 Å². The van der Waals surface area contributed by atoms with Gasteiger partial charge in [0, 0.05) is 27.4 Å². The van der Waals surface area contributed by atoms with Crippen LogP contribution in [0.15, 0.2) is 42.5 Å². The number of nitrogens with one attached hydrogen (secondary N) is 1. The topological polar surface area (TPSA) is 36.0 Å². The molecule has 0 amide bonds. The van der Waals surface area contributed by atoms with Gasteiger partial charge in [-0.1, -0.05) is 36.1 Å². The molecule has 0 spiro atoms. The summed E-state index contributed by atoms with van der Waals surface area (Å²) in [7, 11) is 0. The van der Waals surface area contributed by atoms with Crippen molar-refractivity contribution < 1.29 is 5.11 Å². The van der Waals surface area contributed by atoms with Crippen LogP contribution in [0.2, 0.25) is 0 Å². The second kappa shape index (κ2) is 3.97. The lowest BCUT2D eigenvalue weighted by Gasteiger charge is -1.92. The highest BCUT2D eigenvalue weighted by molar-refractivity contribution is 6.07. The van der Waals surface area contributed by atoms with Crippen LogP contribution in [0.25, 0.3) is 21.8 Å². The molecule has 0 fully saturated rings. The summed E-state index contributed by atoms with van der Waals surface area (Å²) in [5, 5.41) is 11.1. The zero-order chi connectivity index (χ0) is 11.7. The highest BCUT2D eigenvalue weighted by Gasteiger charge is 2.02. The number of fused-ring (bicyclic) bond motifs is 3. The first-order chi connectivity index (χ1) is 8.38. The van der Waals surface area contributed by atoms with Crippen LogP contribution in [0.5, 0.6) is 0 Å². The number of H-pyrrole nitrogens is 1. The minimum Gasteiger partial charge on any atom is -0.384 e. The molecular weight excluding hydrogens is 210 g/mol. The van der Waals surface area contributed by atoms with E-state index in [-0.39, 0.29) is 6.61 Å². The van der Waals surface area contributed by atoms with Gasteiger partial charge in [-0.05, 0) is 18.2 Å². The summed E-state index contributed by atoms with van der Waals surface area (Å²) < 4.78 is 0. The predicted molar refractivity (Wildman–Crippen MR) is 69.8 cm³/mol. The summed E-state index contributed by atoms with van der Waals surface area (Å²) >= 11 is 0. The molecule has 3 rings (SSSR count). The first kappa shape index (κ1) is 9.95. The van der Waals surface area contributed by atoms with E-state index in [4.69, 9.17) is 5.11 Å². The van der Waals surface area contributed by atoms with Gasteiger partial charge in [-0.25, -0.2) is 0 Å². The van der Waals surface area contributed by atoms with Gasteiger partial charge < -0.3 is 10.1 Å².